The van der Waals surface area contributed by atoms with Crippen LogP contribution in [0.1, 0.15) is 23.7 Å². The lowest BCUT2D eigenvalue weighted by molar-refractivity contribution is 0.0956. The first-order chi connectivity index (χ1) is 11.0. The first-order valence-corrected chi connectivity index (χ1v) is 10.2. The molecule has 2 rings (SSSR count). The standard InChI is InChI=1S/C15H22N2O4S2/c1-2-22-10-8-16-15(18)12-3-5-14(6-4-12)23(19,20)17-13-7-9-21-11-13/h3-6,13,17H,2,7-11H2,1H3,(H,16,18)/t13-/m1/s1. The summed E-state index contributed by atoms with van der Waals surface area (Å²) in [6.07, 6.45) is 0.676. The lowest BCUT2D eigenvalue weighted by Crippen LogP contribution is -2.35. The van der Waals surface area contributed by atoms with E-state index in [2.05, 4.69) is 17.0 Å². The highest BCUT2D eigenvalue weighted by Crippen LogP contribution is 2.13. The second-order valence-electron chi connectivity index (χ2n) is 5.16. The molecule has 8 heteroatoms. The number of amides is 1. The molecule has 0 aromatic heterocycles. The molecule has 1 aliphatic heterocycles. The molecule has 1 aliphatic rings. The van der Waals surface area contributed by atoms with Crippen LogP contribution in [0.15, 0.2) is 29.2 Å². The molecule has 6 nitrogen and oxygen atoms in total. The Bertz CT molecular complexity index is 611. The molecule has 23 heavy (non-hydrogen) atoms. The third kappa shape index (κ3) is 5.49. The van der Waals surface area contributed by atoms with Gasteiger partial charge in [0.15, 0.2) is 0 Å². The van der Waals surface area contributed by atoms with Crippen LogP contribution < -0.4 is 10.0 Å². The van der Waals surface area contributed by atoms with Gasteiger partial charge in [-0.25, -0.2) is 13.1 Å². The molecule has 0 radical (unpaired) electrons. The van der Waals surface area contributed by atoms with Crippen molar-refractivity contribution >= 4 is 27.7 Å². The van der Waals surface area contributed by atoms with E-state index in [4.69, 9.17) is 4.74 Å². The molecule has 1 saturated heterocycles. The van der Waals surface area contributed by atoms with E-state index in [0.29, 0.717) is 31.7 Å². The monoisotopic (exact) mass is 358 g/mol. The third-order valence-corrected chi connectivity index (χ3v) is 5.85. The number of thioether (sulfide) groups is 1. The first-order valence-electron chi connectivity index (χ1n) is 7.59. The Balaban J connectivity index is 1.94. The maximum absolute atomic E-state index is 12.2. The quantitative estimate of drug-likeness (QED) is 0.683. The van der Waals surface area contributed by atoms with E-state index >= 15 is 0 Å². The summed E-state index contributed by atoms with van der Waals surface area (Å²) in [5.74, 6) is 1.69. The Morgan fingerprint density at radius 1 is 1.35 bits per heavy atom. The summed E-state index contributed by atoms with van der Waals surface area (Å²) >= 11 is 1.75. The highest BCUT2D eigenvalue weighted by molar-refractivity contribution is 7.99. The van der Waals surface area contributed by atoms with Crippen molar-refractivity contribution in [1.82, 2.24) is 10.0 Å². The van der Waals surface area contributed by atoms with Crippen LogP contribution in [-0.2, 0) is 14.8 Å². The number of carbonyl (C=O) groups is 1. The molecule has 1 fully saturated rings. The first kappa shape index (κ1) is 18.3. The summed E-state index contributed by atoms with van der Waals surface area (Å²) in [5, 5.41) is 2.81. The molecule has 0 saturated carbocycles. The van der Waals surface area contributed by atoms with Gasteiger partial charge in [0.25, 0.3) is 5.91 Å². The molecular weight excluding hydrogens is 336 g/mol. The molecule has 0 unspecified atom stereocenters. The SMILES string of the molecule is CCSCCNC(=O)c1ccc(S(=O)(=O)N[C@@H]2CCOC2)cc1. The zero-order chi connectivity index (χ0) is 16.7. The fourth-order valence-corrected chi connectivity index (χ4v) is 3.97. The van der Waals surface area contributed by atoms with Crippen LogP contribution in [-0.4, -0.2) is 51.6 Å². The summed E-state index contributed by atoms with van der Waals surface area (Å²) in [5.41, 5.74) is 0.453. The van der Waals surface area contributed by atoms with Crippen LogP contribution in [0.3, 0.4) is 0 Å². The molecule has 0 bridgehead atoms. The molecule has 128 valence electrons. The van der Waals surface area contributed by atoms with Gasteiger partial charge in [-0.15, -0.1) is 0 Å². The Morgan fingerprint density at radius 3 is 2.70 bits per heavy atom. The van der Waals surface area contributed by atoms with Crippen LogP contribution in [0.2, 0.25) is 0 Å². The van der Waals surface area contributed by atoms with Gasteiger partial charge in [-0.05, 0) is 36.4 Å². The molecule has 1 aromatic carbocycles. The van der Waals surface area contributed by atoms with Gasteiger partial charge in [0.05, 0.1) is 11.5 Å². The summed E-state index contributed by atoms with van der Waals surface area (Å²) in [7, 11) is -3.58. The van der Waals surface area contributed by atoms with Crippen molar-refractivity contribution in [3.63, 3.8) is 0 Å². The summed E-state index contributed by atoms with van der Waals surface area (Å²) in [6.45, 7) is 3.64. The number of carbonyl (C=O) groups excluding carboxylic acids is 1. The van der Waals surface area contributed by atoms with Gasteiger partial charge in [0.1, 0.15) is 0 Å². The van der Waals surface area contributed by atoms with Gasteiger partial charge in [0.2, 0.25) is 10.0 Å². The molecule has 0 aliphatic carbocycles. The second kappa shape index (κ2) is 8.68. The smallest absolute Gasteiger partial charge is 0.251 e. The van der Waals surface area contributed by atoms with Gasteiger partial charge in [-0.3, -0.25) is 4.79 Å². The number of hydrogen-bond acceptors (Lipinski definition) is 5. The Kier molecular flexibility index (Phi) is 6.88. The Labute approximate surface area is 141 Å². The van der Waals surface area contributed by atoms with Crippen molar-refractivity contribution in [2.45, 2.75) is 24.3 Å². The van der Waals surface area contributed by atoms with Crippen LogP contribution >= 0.6 is 11.8 Å². The molecule has 0 spiro atoms. The van der Waals surface area contributed by atoms with Crippen molar-refractivity contribution in [1.29, 1.82) is 0 Å². The molecule has 1 heterocycles. The number of rotatable bonds is 8. The van der Waals surface area contributed by atoms with Crippen molar-refractivity contribution in [3.8, 4) is 0 Å². The van der Waals surface area contributed by atoms with Gasteiger partial charge in [0, 0.05) is 30.5 Å². The zero-order valence-electron chi connectivity index (χ0n) is 13.1. The molecular formula is C15H22N2O4S2. The van der Waals surface area contributed by atoms with Crippen LogP contribution in [0.4, 0.5) is 0 Å². The average Bonchev–Trinajstić information content (AvgIpc) is 3.04. The Morgan fingerprint density at radius 2 is 2.09 bits per heavy atom. The van der Waals surface area contributed by atoms with E-state index in [1.54, 1.807) is 11.8 Å². The van der Waals surface area contributed by atoms with Gasteiger partial charge >= 0.3 is 0 Å². The number of ether oxygens (including phenoxy) is 1. The minimum Gasteiger partial charge on any atom is -0.380 e. The predicted molar refractivity (Wildman–Crippen MR) is 91.3 cm³/mol. The maximum atomic E-state index is 12.2. The lowest BCUT2D eigenvalue weighted by Gasteiger charge is -2.11. The maximum Gasteiger partial charge on any atom is 0.251 e. The zero-order valence-corrected chi connectivity index (χ0v) is 14.7. The number of nitrogens with one attached hydrogen (secondary N) is 2. The second-order valence-corrected chi connectivity index (χ2v) is 8.27. The van der Waals surface area contributed by atoms with Gasteiger partial charge < -0.3 is 10.1 Å². The van der Waals surface area contributed by atoms with Crippen LogP contribution in [0.5, 0.6) is 0 Å². The molecule has 1 amide bonds. The van der Waals surface area contributed by atoms with E-state index in [-0.39, 0.29) is 16.8 Å². The van der Waals surface area contributed by atoms with E-state index in [1.165, 1.54) is 24.3 Å². The van der Waals surface area contributed by atoms with Crippen LogP contribution in [0.25, 0.3) is 0 Å². The minimum absolute atomic E-state index is 0.155. The van der Waals surface area contributed by atoms with Crippen LogP contribution in [0, 0.1) is 0 Å². The van der Waals surface area contributed by atoms with Crippen molar-refractivity contribution in [2.75, 3.05) is 31.3 Å². The summed E-state index contributed by atoms with van der Waals surface area (Å²) in [6, 6.07) is 5.78. The summed E-state index contributed by atoms with van der Waals surface area (Å²) in [4.78, 5) is 12.1. The number of benzene rings is 1. The van der Waals surface area contributed by atoms with E-state index in [1.807, 2.05) is 0 Å². The Hall–Kier alpha value is -1.09. The highest BCUT2D eigenvalue weighted by atomic mass is 32.2. The van der Waals surface area contributed by atoms with Gasteiger partial charge in [-0.2, -0.15) is 11.8 Å². The van der Waals surface area contributed by atoms with Crippen molar-refractivity contribution < 1.29 is 17.9 Å². The molecule has 2 N–H and O–H groups in total. The fraction of sp³-hybridized carbons (Fsp3) is 0.533. The summed E-state index contributed by atoms with van der Waals surface area (Å²) < 4.78 is 32.3. The largest absolute Gasteiger partial charge is 0.380 e. The average molecular weight is 358 g/mol. The lowest BCUT2D eigenvalue weighted by atomic mass is 10.2. The fourth-order valence-electron chi connectivity index (χ4n) is 2.18. The normalized spacial score (nSPS) is 18.0. The van der Waals surface area contributed by atoms with Crippen molar-refractivity contribution in [2.24, 2.45) is 0 Å². The number of sulfonamides is 1. The predicted octanol–water partition coefficient (Wildman–Crippen LogP) is 1.24. The molecule has 1 atom stereocenters. The molecule has 1 aromatic rings. The topological polar surface area (TPSA) is 84.5 Å². The highest BCUT2D eigenvalue weighted by Gasteiger charge is 2.23. The minimum atomic E-state index is -3.58. The van der Waals surface area contributed by atoms with Gasteiger partial charge in [-0.1, -0.05) is 6.92 Å². The number of hydrogen-bond donors (Lipinski definition) is 2. The van der Waals surface area contributed by atoms with E-state index < -0.39 is 10.0 Å². The van der Waals surface area contributed by atoms with E-state index in [9.17, 15) is 13.2 Å². The van der Waals surface area contributed by atoms with Crippen molar-refractivity contribution in [3.05, 3.63) is 29.8 Å². The van der Waals surface area contributed by atoms with E-state index in [0.717, 1.165) is 11.5 Å². The third-order valence-electron chi connectivity index (χ3n) is 3.41.